The number of rotatable bonds is 2. The summed E-state index contributed by atoms with van der Waals surface area (Å²) in [6.07, 6.45) is 8.90. The van der Waals surface area contributed by atoms with E-state index in [4.69, 9.17) is 0 Å². The van der Waals surface area contributed by atoms with E-state index in [0.29, 0.717) is 12.8 Å². The van der Waals surface area contributed by atoms with E-state index < -0.39 is 11.5 Å². The third-order valence-electron chi connectivity index (χ3n) is 3.50. The van der Waals surface area contributed by atoms with Crippen LogP contribution in [0.3, 0.4) is 0 Å². The monoisotopic (exact) mass is 282 g/mol. The Balaban J connectivity index is 2.40. The zero-order valence-electron chi connectivity index (χ0n) is 9.03. The lowest BCUT2D eigenvalue weighted by Gasteiger charge is -2.42. The van der Waals surface area contributed by atoms with E-state index >= 15 is 0 Å². The van der Waals surface area contributed by atoms with E-state index in [1.807, 2.05) is 12.2 Å². The van der Waals surface area contributed by atoms with Crippen molar-refractivity contribution in [2.24, 2.45) is 11.3 Å². The third-order valence-corrected chi connectivity index (χ3v) is 3.78. The highest BCUT2D eigenvalue weighted by atomic mass is 79.9. The molecule has 0 spiro atoms. The van der Waals surface area contributed by atoms with Gasteiger partial charge in [-0.1, -0.05) is 40.7 Å². The molecule has 86 valence electrons. The zero-order valence-corrected chi connectivity index (χ0v) is 10.6. The predicted octanol–water partition coefficient (Wildman–Crippen LogP) is 2.74. The van der Waals surface area contributed by atoms with Gasteiger partial charge in [0.1, 0.15) is 0 Å². The summed E-state index contributed by atoms with van der Waals surface area (Å²) in [6.45, 7) is 3.83. The van der Waals surface area contributed by atoms with E-state index in [0.717, 1.165) is 10.9 Å². The third kappa shape index (κ3) is 1.94. The largest absolute Gasteiger partial charge is 0.389 e. The maximum Gasteiger partial charge on any atom is 0.165 e. The molecule has 0 aromatic rings. The normalized spacial score (nSPS) is 37.2. The van der Waals surface area contributed by atoms with Gasteiger partial charge in [0.2, 0.25) is 0 Å². The minimum absolute atomic E-state index is 0.132. The van der Waals surface area contributed by atoms with Gasteiger partial charge in [0.15, 0.2) is 5.78 Å². The molecule has 2 aliphatic carbocycles. The molecule has 0 radical (unpaired) electrons. The Morgan fingerprint density at radius 2 is 2.44 bits per heavy atom. The van der Waals surface area contributed by atoms with E-state index in [1.54, 1.807) is 12.2 Å². The summed E-state index contributed by atoms with van der Waals surface area (Å²) in [5.74, 6) is 0.326. The highest BCUT2D eigenvalue weighted by Crippen LogP contribution is 2.47. The summed E-state index contributed by atoms with van der Waals surface area (Å²) in [7, 11) is 0. The van der Waals surface area contributed by atoms with Crippen molar-refractivity contribution in [1.29, 1.82) is 0 Å². The minimum atomic E-state index is -0.478. The second-order valence-electron chi connectivity index (χ2n) is 4.60. The van der Waals surface area contributed by atoms with Gasteiger partial charge < -0.3 is 5.11 Å². The van der Waals surface area contributed by atoms with Crippen LogP contribution in [0, 0.1) is 11.3 Å². The Labute approximate surface area is 104 Å². The van der Waals surface area contributed by atoms with E-state index in [-0.39, 0.29) is 11.7 Å². The first-order valence-electron chi connectivity index (χ1n) is 5.46. The van der Waals surface area contributed by atoms with E-state index in [2.05, 4.69) is 22.5 Å². The SMILES string of the molecule is C=C(Br)C[C@@]12C=C[C@H](O)C[C@@H]1CC=CC2=O. The first kappa shape index (κ1) is 11.8. The fraction of sp³-hybridized carbons (Fsp3) is 0.462. The van der Waals surface area contributed by atoms with Crippen LogP contribution < -0.4 is 0 Å². The lowest BCUT2D eigenvalue weighted by Crippen LogP contribution is -2.42. The smallest absolute Gasteiger partial charge is 0.165 e. The number of fused-ring (bicyclic) bond motifs is 1. The Morgan fingerprint density at radius 1 is 1.69 bits per heavy atom. The van der Waals surface area contributed by atoms with Gasteiger partial charge in [0.25, 0.3) is 0 Å². The van der Waals surface area contributed by atoms with Gasteiger partial charge in [-0.05, 0) is 35.7 Å². The Hall–Kier alpha value is -0.670. The zero-order chi connectivity index (χ0) is 11.8. The van der Waals surface area contributed by atoms with Crippen LogP contribution in [0.1, 0.15) is 19.3 Å². The molecule has 2 rings (SSSR count). The lowest BCUT2D eigenvalue weighted by molar-refractivity contribution is -0.125. The van der Waals surface area contributed by atoms with E-state index in [9.17, 15) is 9.90 Å². The number of hydrogen-bond donors (Lipinski definition) is 1. The van der Waals surface area contributed by atoms with Crippen LogP contribution in [-0.2, 0) is 4.79 Å². The molecule has 0 saturated carbocycles. The number of halogens is 1. The van der Waals surface area contributed by atoms with Crippen molar-refractivity contribution >= 4 is 21.7 Å². The molecule has 0 aromatic carbocycles. The molecule has 3 heteroatoms. The Kier molecular flexibility index (Phi) is 3.17. The summed E-state index contributed by atoms with van der Waals surface area (Å²) in [4.78, 5) is 12.1. The van der Waals surface area contributed by atoms with Crippen molar-refractivity contribution in [2.75, 3.05) is 0 Å². The van der Waals surface area contributed by atoms with Gasteiger partial charge in [0.05, 0.1) is 11.5 Å². The number of aliphatic hydroxyl groups excluding tert-OH is 1. The molecule has 3 atom stereocenters. The van der Waals surface area contributed by atoms with Crippen molar-refractivity contribution in [3.05, 3.63) is 35.4 Å². The standard InChI is InChI=1S/C13H15BrO2/c1-9(14)8-13-6-5-11(15)7-10(13)3-2-4-12(13)16/h2,4-6,10-11,15H,1,3,7-8H2/t10-,11-,13-/m0/s1. The number of allylic oxidation sites excluding steroid dienone is 4. The van der Waals surface area contributed by atoms with Crippen molar-refractivity contribution in [1.82, 2.24) is 0 Å². The van der Waals surface area contributed by atoms with Crippen LogP contribution in [0.15, 0.2) is 35.4 Å². The molecular weight excluding hydrogens is 268 g/mol. The Morgan fingerprint density at radius 3 is 3.12 bits per heavy atom. The maximum absolute atomic E-state index is 12.1. The first-order chi connectivity index (χ1) is 7.54. The highest BCUT2D eigenvalue weighted by Gasteiger charge is 2.45. The summed E-state index contributed by atoms with van der Waals surface area (Å²) < 4.78 is 0.835. The first-order valence-corrected chi connectivity index (χ1v) is 6.25. The number of carbonyl (C=O) groups excluding carboxylic acids is 1. The van der Waals surface area contributed by atoms with Gasteiger partial charge in [-0.2, -0.15) is 0 Å². The van der Waals surface area contributed by atoms with Crippen molar-refractivity contribution < 1.29 is 9.90 Å². The van der Waals surface area contributed by atoms with Crippen molar-refractivity contribution in [3.63, 3.8) is 0 Å². The quantitative estimate of drug-likeness (QED) is 0.791. The molecule has 0 aromatic heterocycles. The van der Waals surface area contributed by atoms with Crippen LogP contribution in [0.4, 0.5) is 0 Å². The Bertz CT molecular complexity index is 383. The van der Waals surface area contributed by atoms with Gasteiger partial charge in [-0.15, -0.1) is 0 Å². The lowest BCUT2D eigenvalue weighted by atomic mass is 9.62. The number of hydrogen-bond acceptors (Lipinski definition) is 2. The summed E-state index contributed by atoms with van der Waals surface area (Å²) in [5, 5.41) is 9.63. The maximum atomic E-state index is 12.1. The number of ketones is 1. The fourth-order valence-corrected chi connectivity index (χ4v) is 3.16. The second kappa shape index (κ2) is 4.30. The molecule has 0 heterocycles. The average molecular weight is 283 g/mol. The van der Waals surface area contributed by atoms with Crippen LogP contribution in [-0.4, -0.2) is 17.0 Å². The molecule has 2 nitrogen and oxygen atoms in total. The molecule has 1 N–H and O–H groups in total. The average Bonchev–Trinajstić information content (AvgIpc) is 2.20. The van der Waals surface area contributed by atoms with Gasteiger partial charge in [-0.3, -0.25) is 4.79 Å². The van der Waals surface area contributed by atoms with Gasteiger partial charge in [-0.25, -0.2) is 0 Å². The van der Waals surface area contributed by atoms with Gasteiger partial charge >= 0.3 is 0 Å². The van der Waals surface area contributed by atoms with Crippen LogP contribution in [0.5, 0.6) is 0 Å². The molecule has 0 fully saturated rings. The minimum Gasteiger partial charge on any atom is -0.389 e. The van der Waals surface area contributed by atoms with Gasteiger partial charge in [0, 0.05) is 0 Å². The molecule has 0 amide bonds. The molecule has 0 bridgehead atoms. The fourth-order valence-electron chi connectivity index (χ4n) is 2.69. The molecule has 0 saturated heterocycles. The van der Waals surface area contributed by atoms with Crippen molar-refractivity contribution in [2.45, 2.75) is 25.4 Å². The summed E-state index contributed by atoms with van der Waals surface area (Å²) in [5.41, 5.74) is -0.478. The molecular formula is C13H15BrO2. The summed E-state index contributed by atoms with van der Waals surface area (Å²) >= 11 is 3.34. The number of aliphatic hydroxyl groups is 1. The van der Waals surface area contributed by atoms with Crippen LogP contribution in [0.2, 0.25) is 0 Å². The van der Waals surface area contributed by atoms with E-state index in [1.165, 1.54) is 0 Å². The molecule has 0 aliphatic heterocycles. The second-order valence-corrected chi connectivity index (χ2v) is 5.72. The molecule has 2 aliphatic rings. The summed E-state index contributed by atoms with van der Waals surface area (Å²) in [6, 6.07) is 0. The van der Waals surface area contributed by atoms with Crippen molar-refractivity contribution in [3.8, 4) is 0 Å². The molecule has 16 heavy (non-hydrogen) atoms. The van der Waals surface area contributed by atoms with Crippen LogP contribution in [0.25, 0.3) is 0 Å². The van der Waals surface area contributed by atoms with Crippen LogP contribution >= 0.6 is 15.9 Å². The highest BCUT2D eigenvalue weighted by molar-refractivity contribution is 9.11. The predicted molar refractivity (Wildman–Crippen MR) is 67.1 cm³/mol. The topological polar surface area (TPSA) is 37.3 Å². The molecule has 0 unspecified atom stereocenters. The number of carbonyl (C=O) groups is 1.